The molecule has 5 aromatic heterocycles. The minimum atomic E-state index is -0.124. The van der Waals surface area contributed by atoms with Crippen molar-refractivity contribution in [3.8, 4) is 113 Å². The largest absolute Gasteiger partial charge is 0.458 e. The van der Waals surface area contributed by atoms with Crippen LogP contribution in [0.2, 0.25) is 0 Å². The van der Waals surface area contributed by atoms with Crippen molar-refractivity contribution in [2.45, 2.75) is 0 Å². The van der Waals surface area contributed by atoms with E-state index in [2.05, 4.69) is 449 Å². The molecule has 9 heteroatoms. The van der Waals surface area contributed by atoms with Crippen LogP contribution in [0, 0.1) is 0 Å². The molecular formula is C113H71B2N5O2. The van der Waals surface area contributed by atoms with E-state index in [9.17, 15) is 0 Å². The molecule has 7 heterocycles. The number of para-hydroxylation sites is 10. The van der Waals surface area contributed by atoms with Crippen LogP contribution in [0.25, 0.3) is 177 Å². The smallest absolute Gasteiger partial charge is 0.250 e. The summed E-state index contributed by atoms with van der Waals surface area (Å²) in [6.07, 6.45) is 0. The van der Waals surface area contributed by atoms with E-state index < -0.39 is 0 Å². The molecule has 25 rings (SSSR count). The summed E-state index contributed by atoms with van der Waals surface area (Å²) in [7, 11) is 0. The monoisotopic (exact) mass is 1550 g/mol. The number of ether oxygens (including phenoxy) is 2. The molecule has 0 unspecified atom stereocenters. The van der Waals surface area contributed by atoms with Crippen molar-refractivity contribution in [3.05, 3.63) is 431 Å². The van der Waals surface area contributed by atoms with Crippen molar-refractivity contribution < 1.29 is 9.47 Å². The fourth-order valence-electron chi connectivity index (χ4n) is 20.2. The molecule has 0 radical (unpaired) electrons. The van der Waals surface area contributed by atoms with Crippen LogP contribution in [0.1, 0.15) is 0 Å². The van der Waals surface area contributed by atoms with Crippen LogP contribution in [-0.2, 0) is 0 Å². The molecule has 0 N–H and O–H groups in total. The second-order valence-corrected chi connectivity index (χ2v) is 32.4. The Balaban J connectivity index is 0.689. The average molecular weight is 1550 g/mol. The lowest BCUT2D eigenvalue weighted by molar-refractivity contribution is 0.487. The van der Waals surface area contributed by atoms with E-state index in [1.54, 1.807) is 0 Å². The number of fused-ring (bicyclic) bond motifs is 16. The summed E-state index contributed by atoms with van der Waals surface area (Å²) in [5.74, 6) is 3.43. The number of pyridine rings is 1. The van der Waals surface area contributed by atoms with E-state index in [0.29, 0.717) is 0 Å². The summed E-state index contributed by atoms with van der Waals surface area (Å²) < 4.78 is 23.1. The Labute approximate surface area is 704 Å². The van der Waals surface area contributed by atoms with Gasteiger partial charge in [-0.2, -0.15) is 0 Å². The van der Waals surface area contributed by atoms with Gasteiger partial charge in [0.15, 0.2) is 0 Å². The molecule has 0 atom stereocenters. The average Bonchev–Trinajstić information content (AvgIpc) is 1.62. The highest BCUT2D eigenvalue weighted by molar-refractivity contribution is 6.97. The predicted octanol–water partition coefficient (Wildman–Crippen LogP) is 24.7. The topological polar surface area (TPSA) is 51.1 Å². The zero-order valence-electron chi connectivity index (χ0n) is 66.2. The number of nitrogens with zero attached hydrogens (tertiary/aromatic N) is 5. The van der Waals surface area contributed by atoms with E-state index in [4.69, 9.17) is 14.5 Å². The van der Waals surface area contributed by atoms with Crippen LogP contribution in [0.3, 0.4) is 0 Å². The molecular weight excluding hydrogens is 1480 g/mol. The minimum absolute atomic E-state index is 0.117. The quantitative estimate of drug-likeness (QED) is 0.115. The summed E-state index contributed by atoms with van der Waals surface area (Å²) in [4.78, 5) is 6.33. The van der Waals surface area contributed by atoms with Crippen LogP contribution in [0.4, 0.5) is 0 Å². The standard InChI is InChI=1S/C113H71B2N5O2/c1-3-33-82(34-4-1)117-100-47-15-7-39-86(100)92-67-72(55-59-104(92)117)74-57-61-106-94(69-74)88-41-9-17-49-102(88)119(106)84-37-25-28-77(65-84)91-71-90(76-27-23-31-80(63-76)114-96-43-11-19-51-108(96)121-109-52-20-12-44-97(109)114)113(116-112(91)78-29-24-32-81(64-78)115-98-45-13-21-53-110(98)122-111-54-22-14-46-99(111)115)79-30-26-38-85(66-79)120-103-50-18-10-42-89(103)95-70-75(58-62-107(95)120)73-56-60-105-93(68-73)87-40-8-16-48-101(87)118(105)83-35-5-2-6-36-83/h1-71H. The maximum Gasteiger partial charge on any atom is 0.250 e. The van der Waals surface area contributed by atoms with Crippen LogP contribution >= 0.6 is 0 Å². The van der Waals surface area contributed by atoms with Gasteiger partial charge in [0.05, 0.1) is 55.5 Å². The van der Waals surface area contributed by atoms with Crippen molar-refractivity contribution in [2.24, 2.45) is 0 Å². The van der Waals surface area contributed by atoms with Gasteiger partial charge in [0.1, 0.15) is 23.0 Å². The summed E-state index contributed by atoms with van der Waals surface area (Å²) in [6.45, 7) is -0.241. The van der Waals surface area contributed by atoms with Crippen molar-refractivity contribution in [1.82, 2.24) is 23.3 Å². The van der Waals surface area contributed by atoms with Gasteiger partial charge in [0.25, 0.3) is 13.4 Å². The van der Waals surface area contributed by atoms with E-state index in [1.807, 2.05) is 0 Å². The lowest BCUT2D eigenvalue weighted by atomic mass is 9.36. The first-order chi connectivity index (χ1) is 60.5. The first-order valence-electron chi connectivity index (χ1n) is 41.9. The van der Waals surface area contributed by atoms with Gasteiger partial charge in [-0.15, -0.1) is 0 Å². The zero-order valence-corrected chi connectivity index (χ0v) is 66.2. The SMILES string of the molecule is c1ccc(-n2c3ccccc3c3cc(-c4ccc5c(c4)c4ccccc4n5-c4cccc(-c5cc(-c6cccc(B7c8ccccc8Oc8ccccc87)c6)c(-c6cccc(-n7c8ccccc8c8cc(-c9ccc%10c(c9)c9ccccc9n%10-c9ccccc9)ccc87)c6)nc5-c5cccc(B6c7ccccc7Oc7ccccc76)c5)c4)ccc32)cc1. The Kier molecular flexibility index (Phi) is 15.8. The van der Waals surface area contributed by atoms with Gasteiger partial charge in [-0.3, -0.25) is 0 Å². The van der Waals surface area contributed by atoms with Gasteiger partial charge in [0, 0.05) is 88.1 Å². The molecule has 0 fully saturated rings. The zero-order chi connectivity index (χ0) is 80.0. The lowest BCUT2D eigenvalue weighted by Crippen LogP contribution is -2.54. The third-order valence-corrected chi connectivity index (χ3v) is 25.6. The highest BCUT2D eigenvalue weighted by Crippen LogP contribution is 2.46. The first-order valence-corrected chi connectivity index (χ1v) is 41.9. The maximum absolute atomic E-state index is 6.71. The number of hydrogen-bond acceptors (Lipinski definition) is 3. The Hall–Kier alpha value is -16.0. The van der Waals surface area contributed by atoms with Crippen molar-refractivity contribution >= 4 is 133 Å². The molecule has 0 saturated heterocycles. The molecule has 566 valence electrons. The van der Waals surface area contributed by atoms with Crippen LogP contribution < -0.4 is 42.3 Å². The fraction of sp³-hybridized carbons (Fsp3) is 0. The van der Waals surface area contributed by atoms with Crippen LogP contribution in [0.5, 0.6) is 23.0 Å². The van der Waals surface area contributed by atoms with Crippen molar-refractivity contribution in [1.29, 1.82) is 0 Å². The second kappa shape index (κ2) is 27.9. The van der Waals surface area contributed by atoms with Crippen LogP contribution in [0.15, 0.2) is 431 Å². The number of hydrogen-bond donors (Lipinski definition) is 0. The molecule has 2 aliphatic heterocycles. The van der Waals surface area contributed by atoms with E-state index in [-0.39, 0.29) is 13.4 Å². The normalized spacial score (nSPS) is 12.4. The third-order valence-electron chi connectivity index (χ3n) is 25.6. The summed E-state index contributed by atoms with van der Waals surface area (Å²) in [5, 5.41) is 9.60. The molecule has 0 spiro atoms. The summed E-state index contributed by atoms with van der Waals surface area (Å²) >= 11 is 0. The van der Waals surface area contributed by atoms with Gasteiger partial charge in [0.2, 0.25) is 0 Å². The van der Waals surface area contributed by atoms with Crippen molar-refractivity contribution in [2.75, 3.05) is 0 Å². The van der Waals surface area contributed by atoms with E-state index in [1.165, 1.54) is 70.7 Å². The van der Waals surface area contributed by atoms with Gasteiger partial charge >= 0.3 is 0 Å². The predicted molar refractivity (Wildman–Crippen MR) is 509 cm³/mol. The van der Waals surface area contributed by atoms with Gasteiger partial charge in [-0.05, 0) is 207 Å². The Morgan fingerprint density at radius 1 is 0.180 bits per heavy atom. The number of benzene rings is 18. The first kappa shape index (κ1) is 69.2. The van der Waals surface area contributed by atoms with Gasteiger partial charge in [-0.1, -0.05) is 290 Å². The lowest BCUT2D eigenvalue weighted by Gasteiger charge is -2.27. The molecule has 122 heavy (non-hydrogen) atoms. The molecule has 23 aromatic rings. The molecule has 7 nitrogen and oxygen atoms in total. The van der Waals surface area contributed by atoms with Gasteiger partial charge in [-0.25, -0.2) is 4.98 Å². The van der Waals surface area contributed by atoms with Crippen molar-refractivity contribution in [3.63, 3.8) is 0 Å². The molecule has 0 bridgehead atoms. The Bertz CT molecular complexity index is 7680. The summed E-state index contributed by atoms with van der Waals surface area (Å²) in [6, 6.07) is 158. The fourth-order valence-corrected chi connectivity index (χ4v) is 20.2. The Morgan fingerprint density at radius 2 is 0.451 bits per heavy atom. The molecule has 18 aromatic carbocycles. The third kappa shape index (κ3) is 11.1. The number of aromatic nitrogens is 5. The van der Waals surface area contributed by atoms with E-state index in [0.717, 1.165) is 162 Å². The molecule has 2 aliphatic rings. The summed E-state index contributed by atoms with van der Waals surface area (Å²) in [5.41, 5.74) is 32.7. The Morgan fingerprint density at radius 3 is 0.828 bits per heavy atom. The minimum Gasteiger partial charge on any atom is -0.458 e. The van der Waals surface area contributed by atoms with Crippen LogP contribution in [-0.4, -0.2) is 36.7 Å². The molecule has 0 aliphatic carbocycles. The van der Waals surface area contributed by atoms with Gasteiger partial charge < -0.3 is 27.7 Å². The highest BCUT2D eigenvalue weighted by atomic mass is 16.5. The highest BCUT2D eigenvalue weighted by Gasteiger charge is 2.35. The van der Waals surface area contributed by atoms with E-state index >= 15 is 0 Å². The number of rotatable bonds is 12. The molecule has 0 amide bonds. The maximum atomic E-state index is 6.71. The molecule has 0 saturated carbocycles. The second-order valence-electron chi connectivity index (χ2n) is 32.4.